The normalized spacial score (nSPS) is 15.2. The van der Waals surface area contributed by atoms with Crippen molar-refractivity contribution in [3.8, 4) is 0 Å². The fraction of sp³-hybridized carbons (Fsp3) is 0.462. The molecule has 1 aromatic rings. The summed E-state index contributed by atoms with van der Waals surface area (Å²) in [7, 11) is 0. The van der Waals surface area contributed by atoms with Crippen LogP contribution in [0.25, 0.3) is 10.4 Å². The number of nitrogens with zero attached hydrogens (tertiary/aromatic N) is 3. The Morgan fingerprint density at radius 2 is 2.17 bits per heavy atom. The number of rotatable bonds is 3. The molecule has 5 nitrogen and oxygen atoms in total. The van der Waals surface area contributed by atoms with Crippen molar-refractivity contribution in [1.29, 1.82) is 0 Å². The summed E-state index contributed by atoms with van der Waals surface area (Å²) in [5.74, 6) is 0.209. The molecule has 18 heavy (non-hydrogen) atoms. The summed E-state index contributed by atoms with van der Waals surface area (Å²) < 4.78 is 0. The Kier molecular flexibility index (Phi) is 3.85. The molecule has 0 unspecified atom stereocenters. The molecule has 0 aliphatic heterocycles. The average molecular weight is 244 g/mol. The zero-order valence-corrected chi connectivity index (χ0v) is 10.4. The van der Waals surface area contributed by atoms with Gasteiger partial charge in [-0.3, -0.25) is 4.79 Å². The molecule has 0 aromatic heterocycles. The van der Waals surface area contributed by atoms with Gasteiger partial charge in [-0.15, -0.1) is 0 Å². The first-order chi connectivity index (χ1) is 8.70. The van der Waals surface area contributed by atoms with Gasteiger partial charge in [0.1, 0.15) is 0 Å². The van der Waals surface area contributed by atoms with E-state index in [4.69, 9.17) is 5.53 Å². The van der Waals surface area contributed by atoms with Crippen molar-refractivity contribution in [2.45, 2.75) is 32.6 Å². The second-order valence-corrected chi connectivity index (χ2v) is 4.66. The quantitative estimate of drug-likeness (QED) is 0.485. The van der Waals surface area contributed by atoms with Crippen molar-refractivity contribution in [2.24, 2.45) is 11.0 Å². The number of carbonyl (C=O) groups is 1. The van der Waals surface area contributed by atoms with Crippen LogP contribution in [0.1, 0.15) is 31.2 Å². The molecule has 1 fully saturated rings. The highest BCUT2D eigenvalue weighted by Gasteiger charge is 2.22. The third-order valence-electron chi connectivity index (χ3n) is 3.37. The highest BCUT2D eigenvalue weighted by Crippen LogP contribution is 2.28. The number of aryl methyl sites for hydroxylation is 1. The maximum Gasteiger partial charge on any atom is 0.227 e. The van der Waals surface area contributed by atoms with Crippen LogP contribution in [0, 0.1) is 12.8 Å². The predicted molar refractivity (Wildman–Crippen MR) is 70.6 cm³/mol. The van der Waals surface area contributed by atoms with E-state index in [1.165, 1.54) is 0 Å². The van der Waals surface area contributed by atoms with Crippen LogP contribution in [0.4, 0.5) is 11.4 Å². The number of anilines is 1. The summed E-state index contributed by atoms with van der Waals surface area (Å²) in [5.41, 5.74) is 10.6. The van der Waals surface area contributed by atoms with Gasteiger partial charge in [0.15, 0.2) is 0 Å². The van der Waals surface area contributed by atoms with Gasteiger partial charge in [-0.25, -0.2) is 0 Å². The fourth-order valence-corrected chi connectivity index (χ4v) is 2.28. The first-order valence-corrected chi connectivity index (χ1v) is 6.17. The lowest BCUT2D eigenvalue weighted by molar-refractivity contribution is -0.119. The number of carbonyl (C=O) groups excluding carboxylic acids is 1. The zero-order chi connectivity index (χ0) is 13.0. The third-order valence-corrected chi connectivity index (χ3v) is 3.37. The first-order valence-electron chi connectivity index (χ1n) is 6.17. The van der Waals surface area contributed by atoms with Crippen molar-refractivity contribution in [1.82, 2.24) is 0 Å². The molecular weight excluding hydrogens is 228 g/mol. The summed E-state index contributed by atoms with van der Waals surface area (Å²) in [5, 5.41) is 6.47. The van der Waals surface area contributed by atoms with E-state index < -0.39 is 0 Å². The van der Waals surface area contributed by atoms with Crippen molar-refractivity contribution in [3.05, 3.63) is 34.2 Å². The van der Waals surface area contributed by atoms with Crippen molar-refractivity contribution in [3.63, 3.8) is 0 Å². The van der Waals surface area contributed by atoms with Crippen LogP contribution in [0.2, 0.25) is 0 Å². The molecule has 2 rings (SSSR count). The highest BCUT2D eigenvalue weighted by atomic mass is 16.1. The van der Waals surface area contributed by atoms with Crippen LogP contribution < -0.4 is 5.32 Å². The Hall–Kier alpha value is -2.00. The van der Waals surface area contributed by atoms with Gasteiger partial charge >= 0.3 is 0 Å². The third kappa shape index (κ3) is 2.81. The number of nitrogens with one attached hydrogen (secondary N) is 1. The van der Waals surface area contributed by atoms with Crippen LogP contribution in [0.3, 0.4) is 0 Å². The maximum absolute atomic E-state index is 12.0. The minimum Gasteiger partial charge on any atom is -0.326 e. The molecule has 1 aliphatic carbocycles. The zero-order valence-electron chi connectivity index (χ0n) is 10.4. The Morgan fingerprint density at radius 1 is 1.44 bits per heavy atom. The maximum atomic E-state index is 12.0. The SMILES string of the molecule is Cc1ccc(N=[N+]=[N-])cc1NC(=O)C1CCCC1. The summed E-state index contributed by atoms with van der Waals surface area (Å²) in [6.45, 7) is 1.92. The van der Waals surface area contributed by atoms with Gasteiger partial charge in [-0.2, -0.15) is 0 Å². The molecule has 1 amide bonds. The van der Waals surface area contributed by atoms with Crippen molar-refractivity contribution in [2.75, 3.05) is 5.32 Å². The average Bonchev–Trinajstić information content (AvgIpc) is 2.87. The van der Waals surface area contributed by atoms with E-state index in [0.717, 1.165) is 36.9 Å². The standard InChI is InChI=1S/C13H16N4O/c1-9-6-7-11(16-17-14)8-12(9)15-13(18)10-4-2-3-5-10/h6-8,10H,2-5H2,1H3,(H,15,18). The molecule has 1 aromatic carbocycles. The van der Waals surface area contributed by atoms with E-state index in [1.54, 1.807) is 12.1 Å². The van der Waals surface area contributed by atoms with Gasteiger partial charge in [-0.05, 0) is 36.9 Å². The van der Waals surface area contributed by atoms with Gasteiger partial charge in [0.25, 0.3) is 0 Å². The van der Waals surface area contributed by atoms with Gasteiger partial charge in [0, 0.05) is 22.2 Å². The van der Waals surface area contributed by atoms with Crippen LogP contribution in [0.5, 0.6) is 0 Å². The van der Waals surface area contributed by atoms with Crippen LogP contribution in [0.15, 0.2) is 23.3 Å². The number of hydrogen-bond acceptors (Lipinski definition) is 2. The minimum absolute atomic E-state index is 0.0775. The van der Waals surface area contributed by atoms with Gasteiger partial charge < -0.3 is 5.32 Å². The predicted octanol–water partition coefficient (Wildman–Crippen LogP) is 4.07. The molecule has 0 atom stereocenters. The van der Waals surface area contributed by atoms with Crippen molar-refractivity contribution >= 4 is 17.3 Å². The van der Waals surface area contributed by atoms with E-state index in [1.807, 2.05) is 13.0 Å². The van der Waals surface area contributed by atoms with E-state index >= 15 is 0 Å². The second kappa shape index (κ2) is 5.56. The second-order valence-electron chi connectivity index (χ2n) is 4.66. The lowest BCUT2D eigenvalue weighted by atomic mass is 10.1. The summed E-state index contributed by atoms with van der Waals surface area (Å²) in [6, 6.07) is 5.29. The van der Waals surface area contributed by atoms with Crippen LogP contribution in [-0.2, 0) is 4.79 Å². The first kappa shape index (κ1) is 12.5. The molecule has 5 heteroatoms. The molecule has 1 N–H and O–H groups in total. The lowest BCUT2D eigenvalue weighted by Gasteiger charge is -2.12. The highest BCUT2D eigenvalue weighted by molar-refractivity contribution is 5.93. The smallest absolute Gasteiger partial charge is 0.227 e. The van der Waals surface area contributed by atoms with E-state index in [9.17, 15) is 4.79 Å². The summed E-state index contributed by atoms with van der Waals surface area (Å²) in [4.78, 5) is 14.8. The van der Waals surface area contributed by atoms with E-state index in [0.29, 0.717) is 5.69 Å². The molecule has 1 saturated carbocycles. The Bertz CT molecular complexity index is 500. The Morgan fingerprint density at radius 3 is 2.83 bits per heavy atom. The molecule has 0 radical (unpaired) electrons. The molecule has 1 aliphatic rings. The Balaban J connectivity index is 2.14. The monoisotopic (exact) mass is 244 g/mol. The van der Waals surface area contributed by atoms with Crippen molar-refractivity contribution < 1.29 is 4.79 Å². The van der Waals surface area contributed by atoms with Gasteiger partial charge in [0.2, 0.25) is 5.91 Å². The summed E-state index contributed by atoms with van der Waals surface area (Å²) >= 11 is 0. The van der Waals surface area contributed by atoms with Crippen LogP contribution in [-0.4, -0.2) is 5.91 Å². The molecular formula is C13H16N4O. The van der Waals surface area contributed by atoms with Crippen LogP contribution >= 0.6 is 0 Å². The molecule has 0 bridgehead atoms. The molecule has 94 valence electrons. The lowest BCUT2D eigenvalue weighted by Crippen LogP contribution is -2.20. The number of benzene rings is 1. The van der Waals surface area contributed by atoms with E-state index in [2.05, 4.69) is 15.3 Å². The minimum atomic E-state index is 0.0775. The topological polar surface area (TPSA) is 77.9 Å². The summed E-state index contributed by atoms with van der Waals surface area (Å²) in [6.07, 6.45) is 4.22. The largest absolute Gasteiger partial charge is 0.326 e. The Labute approximate surface area is 106 Å². The van der Waals surface area contributed by atoms with E-state index in [-0.39, 0.29) is 11.8 Å². The number of azide groups is 1. The van der Waals surface area contributed by atoms with Gasteiger partial charge in [-0.1, -0.05) is 30.1 Å². The molecule has 0 heterocycles. The molecule has 0 saturated heterocycles. The molecule has 0 spiro atoms. The number of hydrogen-bond donors (Lipinski definition) is 1. The van der Waals surface area contributed by atoms with Gasteiger partial charge in [0.05, 0.1) is 0 Å². The number of amides is 1. The fourth-order valence-electron chi connectivity index (χ4n) is 2.28.